The molecule has 0 aliphatic rings. The predicted octanol–water partition coefficient (Wildman–Crippen LogP) is -0.418. The number of fused-ring (bicyclic) bond motifs is 1. The SMILES string of the molecule is CCO[C@@H](Cc1ccc(OCCn2c(CC)nc3ccccc3c2=O)cc1)C(=O)[O-].C[N+](C)=C(N)N=C(N)N. The average Bonchev–Trinajstić information content (AvgIpc) is 2.90. The van der Waals surface area contributed by atoms with Crippen molar-refractivity contribution in [1.29, 1.82) is 0 Å². The Balaban J connectivity index is 0.000000510. The summed E-state index contributed by atoms with van der Waals surface area (Å²) in [6.07, 6.45) is -0.0932. The maximum absolute atomic E-state index is 12.8. The quantitative estimate of drug-likeness (QED) is 0.175. The molecule has 0 radical (unpaired) electrons. The first kappa shape index (κ1) is 30.8. The summed E-state index contributed by atoms with van der Waals surface area (Å²) >= 11 is 0. The average molecular weight is 540 g/mol. The van der Waals surface area contributed by atoms with Gasteiger partial charge in [0.2, 0.25) is 0 Å². The van der Waals surface area contributed by atoms with Crippen LogP contribution in [0.4, 0.5) is 0 Å². The lowest BCUT2D eigenvalue weighted by molar-refractivity contribution is -0.466. The minimum Gasteiger partial charge on any atom is -0.547 e. The summed E-state index contributed by atoms with van der Waals surface area (Å²) < 4.78 is 14.2. The molecule has 12 heteroatoms. The molecule has 6 N–H and O–H groups in total. The maximum Gasteiger partial charge on any atom is 0.387 e. The molecule has 0 bridgehead atoms. The molecule has 0 amide bonds. The number of rotatable bonds is 10. The second-order valence-electron chi connectivity index (χ2n) is 8.60. The Morgan fingerprint density at radius 3 is 2.31 bits per heavy atom. The molecule has 0 saturated carbocycles. The number of nitrogens with zero attached hydrogens (tertiary/aromatic N) is 4. The number of guanidine groups is 2. The number of para-hydroxylation sites is 1. The smallest absolute Gasteiger partial charge is 0.387 e. The Kier molecular flexibility index (Phi) is 11.9. The topological polar surface area (TPSA) is 187 Å². The van der Waals surface area contributed by atoms with Crippen LogP contribution in [0.5, 0.6) is 5.75 Å². The van der Waals surface area contributed by atoms with E-state index >= 15 is 0 Å². The number of carboxylic acid groups (broad SMARTS) is 1. The van der Waals surface area contributed by atoms with E-state index in [2.05, 4.69) is 9.98 Å². The number of carbonyl (C=O) groups is 1. The molecule has 210 valence electrons. The number of nitrogens with two attached hydrogens (primary N) is 3. The third-order valence-electron chi connectivity index (χ3n) is 5.52. The molecule has 2 aromatic carbocycles. The van der Waals surface area contributed by atoms with Gasteiger partial charge in [0, 0.05) is 19.4 Å². The van der Waals surface area contributed by atoms with Gasteiger partial charge in [-0.15, -0.1) is 0 Å². The van der Waals surface area contributed by atoms with Crippen molar-refractivity contribution in [2.45, 2.75) is 39.3 Å². The molecule has 1 atom stereocenters. The zero-order chi connectivity index (χ0) is 28.9. The van der Waals surface area contributed by atoms with Gasteiger partial charge in [-0.05, 0) is 41.7 Å². The molecule has 1 heterocycles. The number of hydrogen-bond donors (Lipinski definition) is 3. The molecule has 3 rings (SSSR count). The summed E-state index contributed by atoms with van der Waals surface area (Å²) in [6, 6.07) is 14.5. The number of aromatic nitrogens is 2. The van der Waals surface area contributed by atoms with Gasteiger partial charge in [-0.1, -0.05) is 31.2 Å². The molecular formula is C27H37N7O5. The molecule has 0 fully saturated rings. The highest BCUT2D eigenvalue weighted by atomic mass is 16.5. The molecule has 0 saturated heterocycles. The van der Waals surface area contributed by atoms with Gasteiger partial charge in [-0.3, -0.25) is 19.7 Å². The summed E-state index contributed by atoms with van der Waals surface area (Å²) in [4.78, 5) is 32.1. The molecule has 0 aliphatic heterocycles. The zero-order valence-corrected chi connectivity index (χ0v) is 22.8. The summed E-state index contributed by atoms with van der Waals surface area (Å²) in [5, 5.41) is 11.7. The van der Waals surface area contributed by atoms with Crippen LogP contribution in [0.25, 0.3) is 10.9 Å². The number of ether oxygens (including phenoxy) is 2. The van der Waals surface area contributed by atoms with Gasteiger partial charge in [-0.25, -0.2) is 4.98 Å². The molecule has 1 aromatic heterocycles. The van der Waals surface area contributed by atoms with Gasteiger partial charge in [0.05, 0.1) is 37.5 Å². The Bertz CT molecular complexity index is 1360. The standard InChI is InChI=1S/C23H26N2O5.C4H11N5/c1-3-21-24-19-8-6-5-7-18(19)22(26)25(21)13-14-30-17-11-9-16(10-12-17)15-20(23(27)28)29-4-2;1-9(2)4(7)8-3(5)6/h5-12,20H,3-4,13-15H2,1-2H3,(H,27,28);1-2H3,(H5,5,6,7,8)/t20-;/m0./s1. The van der Waals surface area contributed by atoms with E-state index < -0.39 is 12.1 Å². The van der Waals surface area contributed by atoms with E-state index in [1.54, 1.807) is 60.5 Å². The Morgan fingerprint density at radius 1 is 1.10 bits per heavy atom. The summed E-state index contributed by atoms with van der Waals surface area (Å²) in [5.74, 6) is 0.413. The van der Waals surface area contributed by atoms with E-state index in [4.69, 9.17) is 26.7 Å². The third kappa shape index (κ3) is 9.42. The van der Waals surface area contributed by atoms with Crippen molar-refractivity contribution in [2.75, 3.05) is 27.3 Å². The van der Waals surface area contributed by atoms with Crippen molar-refractivity contribution in [3.63, 3.8) is 0 Å². The molecule has 0 unspecified atom stereocenters. The fraction of sp³-hybridized carbons (Fsp3) is 0.370. The van der Waals surface area contributed by atoms with Gasteiger partial charge in [0.25, 0.3) is 11.5 Å². The van der Waals surface area contributed by atoms with Crippen molar-refractivity contribution in [3.05, 3.63) is 70.3 Å². The van der Waals surface area contributed by atoms with Crippen LogP contribution in [0.1, 0.15) is 25.2 Å². The lowest BCUT2D eigenvalue weighted by atomic mass is 10.1. The minimum absolute atomic E-state index is 0.0267. The fourth-order valence-corrected chi connectivity index (χ4v) is 3.55. The van der Waals surface area contributed by atoms with E-state index in [1.165, 1.54) is 0 Å². The van der Waals surface area contributed by atoms with Crippen molar-refractivity contribution >= 4 is 28.8 Å². The number of aliphatic imine (C=N–C) groups is 1. The lowest BCUT2D eigenvalue weighted by Crippen LogP contribution is -2.39. The van der Waals surface area contributed by atoms with Crippen molar-refractivity contribution in [2.24, 2.45) is 22.2 Å². The van der Waals surface area contributed by atoms with E-state index in [1.807, 2.05) is 25.1 Å². The Morgan fingerprint density at radius 2 is 1.77 bits per heavy atom. The number of carboxylic acids is 1. The van der Waals surface area contributed by atoms with Crippen LogP contribution in [0, 0.1) is 0 Å². The second kappa shape index (κ2) is 15.1. The summed E-state index contributed by atoms with van der Waals surface area (Å²) in [5.41, 5.74) is 16.8. The first-order valence-electron chi connectivity index (χ1n) is 12.5. The fourth-order valence-electron chi connectivity index (χ4n) is 3.55. The summed E-state index contributed by atoms with van der Waals surface area (Å²) in [6.45, 7) is 4.72. The molecular weight excluding hydrogens is 502 g/mol. The molecule has 12 nitrogen and oxygen atoms in total. The van der Waals surface area contributed by atoms with Crippen LogP contribution in [0.2, 0.25) is 0 Å². The minimum atomic E-state index is -1.22. The van der Waals surface area contributed by atoms with E-state index in [0.717, 1.165) is 11.4 Å². The number of hydrogen-bond acceptors (Lipinski definition) is 6. The second-order valence-corrected chi connectivity index (χ2v) is 8.60. The number of aliphatic carboxylic acids is 1. The van der Waals surface area contributed by atoms with Crippen molar-refractivity contribution < 1.29 is 24.0 Å². The molecule has 3 aromatic rings. The molecule has 39 heavy (non-hydrogen) atoms. The largest absolute Gasteiger partial charge is 0.547 e. The maximum atomic E-state index is 12.8. The van der Waals surface area contributed by atoms with Crippen molar-refractivity contribution in [3.8, 4) is 5.75 Å². The van der Waals surface area contributed by atoms with Crippen LogP contribution < -0.4 is 32.6 Å². The highest BCUT2D eigenvalue weighted by Crippen LogP contribution is 2.15. The van der Waals surface area contributed by atoms with Gasteiger partial charge in [0.15, 0.2) is 0 Å². The van der Waals surface area contributed by atoms with Gasteiger partial charge < -0.3 is 30.8 Å². The van der Waals surface area contributed by atoms with Crippen LogP contribution in [0.15, 0.2) is 58.3 Å². The number of carbonyl (C=O) groups excluding carboxylic acids is 1. The zero-order valence-electron chi connectivity index (χ0n) is 22.8. The first-order valence-corrected chi connectivity index (χ1v) is 12.5. The number of aryl methyl sites for hydroxylation is 1. The van der Waals surface area contributed by atoms with E-state index in [0.29, 0.717) is 48.8 Å². The Hall–Kier alpha value is -4.45. The van der Waals surface area contributed by atoms with Gasteiger partial charge >= 0.3 is 5.96 Å². The van der Waals surface area contributed by atoms with Gasteiger partial charge in [-0.2, -0.15) is 0 Å². The lowest BCUT2D eigenvalue weighted by Gasteiger charge is -2.18. The highest BCUT2D eigenvalue weighted by Gasteiger charge is 2.12. The normalized spacial score (nSPS) is 11.2. The van der Waals surface area contributed by atoms with Crippen LogP contribution in [0.3, 0.4) is 0 Å². The van der Waals surface area contributed by atoms with Crippen LogP contribution in [-0.2, 0) is 28.9 Å². The van der Waals surface area contributed by atoms with E-state index in [-0.39, 0.29) is 17.9 Å². The van der Waals surface area contributed by atoms with Crippen LogP contribution >= 0.6 is 0 Å². The third-order valence-corrected chi connectivity index (χ3v) is 5.52. The number of benzene rings is 2. The molecule has 0 spiro atoms. The predicted molar refractivity (Wildman–Crippen MR) is 149 cm³/mol. The Labute approximate surface area is 227 Å². The monoisotopic (exact) mass is 539 g/mol. The molecule has 0 aliphatic carbocycles. The first-order chi connectivity index (χ1) is 18.6. The van der Waals surface area contributed by atoms with Crippen molar-refractivity contribution in [1.82, 2.24) is 9.55 Å². The van der Waals surface area contributed by atoms with Gasteiger partial charge in [0.1, 0.15) is 24.3 Å². The summed E-state index contributed by atoms with van der Waals surface area (Å²) in [7, 11) is 3.50. The van der Waals surface area contributed by atoms with Crippen LogP contribution in [-0.4, -0.2) is 65.4 Å². The van der Waals surface area contributed by atoms with E-state index in [9.17, 15) is 14.7 Å². The highest BCUT2D eigenvalue weighted by molar-refractivity contribution is 5.89.